The van der Waals surface area contributed by atoms with Crippen LogP contribution in [0.3, 0.4) is 0 Å². The molecule has 4 N–H and O–H groups in total. The molecular formula is C12H18N4O2. The Kier molecular flexibility index (Phi) is 2.77. The lowest BCUT2D eigenvalue weighted by Crippen LogP contribution is -2.40. The van der Waals surface area contributed by atoms with Gasteiger partial charge in [0.25, 0.3) is 0 Å². The van der Waals surface area contributed by atoms with E-state index in [1.54, 1.807) is 0 Å². The van der Waals surface area contributed by atoms with Crippen LogP contribution in [-0.4, -0.2) is 35.2 Å². The maximum Gasteiger partial charge on any atom is 0.121 e. The van der Waals surface area contributed by atoms with Crippen LogP contribution >= 0.6 is 0 Å². The molecule has 1 fully saturated rings. The van der Waals surface area contributed by atoms with Gasteiger partial charge in [-0.05, 0) is 25.0 Å². The number of benzene rings is 1. The van der Waals surface area contributed by atoms with Crippen molar-refractivity contribution in [2.75, 3.05) is 35.5 Å². The zero-order chi connectivity index (χ0) is 12.7. The molecular weight excluding hydrogens is 232 g/mol. The summed E-state index contributed by atoms with van der Waals surface area (Å²) in [4.78, 5) is 2.28. The largest absolute Gasteiger partial charge is 0.397 e. The third-order valence-electron chi connectivity index (χ3n) is 3.63. The molecule has 0 spiro atoms. The molecule has 1 saturated heterocycles. The van der Waals surface area contributed by atoms with E-state index in [1.165, 1.54) is 12.8 Å². The normalized spacial score (nSPS) is 20.3. The average Bonchev–Trinajstić information content (AvgIpc) is 2.81. The zero-order valence-electron chi connectivity index (χ0n) is 10.2. The molecule has 3 rings (SSSR count). The number of anilines is 3. The van der Waals surface area contributed by atoms with Crippen LogP contribution in [0, 0.1) is 0 Å². The molecule has 1 aromatic rings. The Hall–Kier alpha value is -1.50. The second-order valence-corrected chi connectivity index (χ2v) is 4.90. The Morgan fingerprint density at radius 1 is 1.11 bits per heavy atom. The highest BCUT2D eigenvalue weighted by Gasteiger charge is 2.27. The molecule has 18 heavy (non-hydrogen) atoms. The van der Waals surface area contributed by atoms with E-state index in [9.17, 15) is 10.4 Å². The number of hydrogen-bond donors (Lipinski definition) is 3. The van der Waals surface area contributed by atoms with Crippen LogP contribution in [-0.2, 0) is 6.54 Å². The maximum atomic E-state index is 9.91. The van der Waals surface area contributed by atoms with Crippen molar-refractivity contribution in [3.05, 3.63) is 17.7 Å². The fraction of sp³-hybridized carbons (Fsp3) is 0.500. The fourth-order valence-corrected chi connectivity index (χ4v) is 2.82. The Morgan fingerprint density at radius 2 is 1.83 bits per heavy atom. The Morgan fingerprint density at radius 3 is 2.56 bits per heavy atom. The number of nitrogen functional groups attached to an aromatic ring is 1. The summed E-state index contributed by atoms with van der Waals surface area (Å²) in [5.74, 6) is 0. The lowest BCUT2D eigenvalue weighted by molar-refractivity contribution is -0.117. The van der Waals surface area contributed by atoms with E-state index in [4.69, 9.17) is 5.73 Å². The van der Waals surface area contributed by atoms with Crippen molar-refractivity contribution < 1.29 is 10.4 Å². The summed E-state index contributed by atoms with van der Waals surface area (Å²) in [6, 6.07) is 3.80. The van der Waals surface area contributed by atoms with Crippen LogP contribution in [0.4, 0.5) is 17.1 Å². The molecule has 6 nitrogen and oxygen atoms in total. The lowest BCUT2D eigenvalue weighted by Gasteiger charge is -2.34. The molecule has 2 heterocycles. The SMILES string of the molecule is Nc1ccc(N2CCCC2)c2c1N(O)CN(O)C2. The standard InChI is InChI=1S/C12H18N4O2/c13-10-3-4-11(14-5-1-2-6-14)9-7-15(17)8-16(18)12(9)10/h3-4,17-18H,1-2,5-8,13H2. The maximum absolute atomic E-state index is 9.91. The van der Waals surface area contributed by atoms with Gasteiger partial charge in [0, 0.05) is 24.3 Å². The third-order valence-corrected chi connectivity index (χ3v) is 3.63. The summed E-state index contributed by atoms with van der Waals surface area (Å²) < 4.78 is 0. The van der Waals surface area contributed by atoms with Crippen LogP contribution < -0.4 is 15.7 Å². The van der Waals surface area contributed by atoms with Crippen LogP contribution in [0.1, 0.15) is 18.4 Å². The van der Waals surface area contributed by atoms with Gasteiger partial charge in [-0.1, -0.05) is 0 Å². The minimum Gasteiger partial charge on any atom is -0.397 e. The molecule has 2 aliphatic rings. The zero-order valence-corrected chi connectivity index (χ0v) is 10.2. The van der Waals surface area contributed by atoms with Gasteiger partial charge >= 0.3 is 0 Å². The fourth-order valence-electron chi connectivity index (χ4n) is 2.82. The molecule has 0 unspecified atom stereocenters. The molecule has 0 bridgehead atoms. The van der Waals surface area contributed by atoms with Crippen molar-refractivity contribution in [3.8, 4) is 0 Å². The second kappa shape index (κ2) is 4.31. The minimum absolute atomic E-state index is 0.0562. The van der Waals surface area contributed by atoms with E-state index in [1.807, 2.05) is 12.1 Å². The highest BCUT2D eigenvalue weighted by molar-refractivity contribution is 5.79. The smallest absolute Gasteiger partial charge is 0.121 e. The van der Waals surface area contributed by atoms with E-state index in [0.29, 0.717) is 17.9 Å². The number of hydroxylamine groups is 3. The second-order valence-electron chi connectivity index (χ2n) is 4.90. The highest BCUT2D eigenvalue weighted by Crippen LogP contribution is 2.39. The lowest BCUT2D eigenvalue weighted by atomic mass is 10.1. The molecule has 0 aliphatic carbocycles. The Balaban J connectivity index is 2.08. The van der Waals surface area contributed by atoms with Crippen LogP contribution in [0.25, 0.3) is 0 Å². The number of fused-ring (bicyclic) bond motifs is 1. The summed E-state index contributed by atoms with van der Waals surface area (Å²) in [6.07, 6.45) is 2.37. The molecule has 6 heteroatoms. The van der Waals surface area contributed by atoms with Crippen molar-refractivity contribution in [2.45, 2.75) is 19.4 Å². The first-order valence-electron chi connectivity index (χ1n) is 6.23. The quantitative estimate of drug-likeness (QED) is 0.651. The van der Waals surface area contributed by atoms with E-state index >= 15 is 0 Å². The van der Waals surface area contributed by atoms with Gasteiger partial charge in [0.1, 0.15) is 6.67 Å². The molecule has 0 aromatic heterocycles. The third kappa shape index (κ3) is 1.78. The van der Waals surface area contributed by atoms with Gasteiger partial charge in [-0.25, -0.2) is 5.06 Å². The predicted molar refractivity (Wildman–Crippen MR) is 68.8 cm³/mol. The van der Waals surface area contributed by atoms with E-state index in [2.05, 4.69) is 4.90 Å². The van der Waals surface area contributed by atoms with Gasteiger partial charge in [0.15, 0.2) is 0 Å². The monoisotopic (exact) mass is 250 g/mol. The van der Waals surface area contributed by atoms with Gasteiger partial charge in [0.05, 0.1) is 17.9 Å². The molecule has 0 saturated carbocycles. The molecule has 0 amide bonds. The Bertz CT molecular complexity index is 460. The topological polar surface area (TPSA) is 76.2 Å². The van der Waals surface area contributed by atoms with Gasteiger partial charge in [-0.15, -0.1) is 0 Å². The van der Waals surface area contributed by atoms with Crippen LogP contribution in [0.5, 0.6) is 0 Å². The Labute approximate surface area is 106 Å². The summed E-state index contributed by atoms with van der Waals surface area (Å²) in [6.45, 7) is 2.49. The summed E-state index contributed by atoms with van der Waals surface area (Å²) in [5, 5.41) is 21.7. The van der Waals surface area contributed by atoms with Crippen molar-refractivity contribution in [3.63, 3.8) is 0 Å². The number of hydrogen-bond acceptors (Lipinski definition) is 6. The van der Waals surface area contributed by atoms with Crippen LogP contribution in [0.2, 0.25) is 0 Å². The molecule has 0 radical (unpaired) electrons. The van der Waals surface area contributed by atoms with Gasteiger partial charge in [-0.2, -0.15) is 5.06 Å². The molecule has 0 atom stereocenters. The van der Waals surface area contributed by atoms with Gasteiger partial charge < -0.3 is 15.8 Å². The van der Waals surface area contributed by atoms with E-state index in [-0.39, 0.29) is 6.67 Å². The van der Waals surface area contributed by atoms with Crippen molar-refractivity contribution in [1.29, 1.82) is 0 Å². The van der Waals surface area contributed by atoms with Gasteiger partial charge in [-0.3, -0.25) is 5.21 Å². The van der Waals surface area contributed by atoms with Crippen molar-refractivity contribution in [1.82, 2.24) is 5.06 Å². The minimum atomic E-state index is 0.0562. The highest BCUT2D eigenvalue weighted by atomic mass is 16.5. The molecule has 1 aromatic carbocycles. The number of nitrogens with zero attached hydrogens (tertiary/aromatic N) is 3. The summed E-state index contributed by atoms with van der Waals surface area (Å²) in [7, 11) is 0. The van der Waals surface area contributed by atoms with E-state index < -0.39 is 0 Å². The van der Waals surface area contributed by atoms with Crippen molar-refractivity contribution >= 4 is 17.1 Å². The van der Waals surface area contributed by atoms with E-state index in [0.717, 1.165) is 34.5 Å². The molecule has 98 valence electrons. The molecule has 2 aliphatic heterocycles. The average molecular weight is 250 g/mol. The predicted octanol–water partition coefficient (Wildman–Crippen LogP) is 1.23. The number of rotatable bonds is 1. The van der Waals surface area contributed by atoms with Crippen LogP contribution in [0.15, 0.2) is 12.1 Å². The first-order valence-corrected chi connectivity index (χ1v) is 6.23. The first-order chi connectivity index (χ1) is 8.66. The summed E-state index contributed by atoms with van der Waals surface area (Å²) >= 11 is 0. The van der Waals surface area contributed by atoms with Crippen molar-refractivity contribution in [2.24, 2.45) is 0 Å². The van der Waals surface area contributed by atoms with Gasteiger partial charge in [0.2, 0.25) is 0 Å². The number of nitrogens with two attached hydrogens (primary N) is 1. The summed E-state index contributed by atoms with van der Waals surface area (Å²) in [5.41, 5.74) is 9.06. The first kappa shape index (κ1) is 11.6.